The fourth-order valence-electron chi connectivity index (χ4n) is 2.93. The van der Waals surface area contributed by atoms with Gasteiger partial charge in [0.2, 0.25) is 0 Å². The lowest BCUT2D eigenvalue weighted by Crippen LogP contribution is -2.59. The van der Waals surface area contributed by atoms with Gasteiger partial charge in [-0.2, -0.15) is 0 Å². The molecule has 0 saturated carbocycles. The van der Waals surface area contributed by atoms with E-state index < -0.39 is 25.4 Å². The van der Waals surface area contributed by atoms with E-state index in [1.165, 1.54) is 12.4 Å². The summed E-state index contributed by atoms with van der Waals surface area (Å²) in [6.45, 7) is 11.5. The van der Waals surface area contributed by atoms with E-state index in [4.69, 9.17) is 4.43 Å². The van der Waals surface area contributed by atoms with E-state index in [1.54, 1.807) is 6.07 Å². The minimum Gasteiger partial charge on any atom is -0.465 e. The maximum absolute atomic E-state index is 11.3. The molecule has 2 atom stereocenters. The van der Waals surface area contributed by atoms with Gasteiger partial charge in [0.05, 0.1) is 17.1 Å². The second-order valence-corrected chi connectivity index (χ2v) is 13.1. The molecule has 1 aromatic heterocycles. The molecule has 1 amide bonds. The predicted molar refractivity (Wildman–Crippen MR) is 105 cm³/mol. The molecule has 0 bridgehead atoms. The molecule has 0 radical (unpaired) electrons. The normalized spacial score (nSPS) is 21.0. The average molecular weight is 397 g/mol. The highest BCUT2D eigenvalue weighted by atomic mass is 28.4. The molecule has 2 unspecified atom stereocenters. The molecule has 27 heavy (non-hydrogen) atoms. The Kier molecular flexibility index (Phi) is 6.10. The number of hydrogen-bond acceptors (Lipinski definition) is 6. The van der Waals surface area contributed by atoms with Crippen LogP contribution in [0.2, 0.25) is 18.1 Å². The molecule has 2 rings (SSSR count). The smallest absolute Gasteiger partial charge is 0.405 e. The Balaban J connectivity index is 2.24. The van der Waals surface area contributed by atoms with Crippen molar-refractivity contribution in [1.29, 1.82) is 0 Å². The van der Waals surface area contributed by atoms with Gasteiger partial charge in [-0.1, -0.05) is 20.8 Å². The van der Waals surface area contributed by atoms with Crippen molar-refractivity contribution in [2.24, 2.45) is 0 Å². The van der Waals surface area contributed by atoms with Crippen LogP contribution in [0.25, 0.3) is 0 Å². The summed E-state index contributed by atoms with van der Waals surface area (Å²) < 4.78 is 6.46. The number of aromatic nitrogens is 1. The number of hydrogen-bond donors (Lipinski definition) is 2. The van der Waals surface area contributed by atoms with Gasteiger partial charge in [-0.25, -0.2) is 4.79 Å². The fraction of sp³-hybridized carbons (Fsp3) is 0.647. The number of nitro groups is 1. The Morgan fingerprint density at radius 1 is 1.48 bits per heavy atom. The highest BCUT2D eigenvalue weighted by molar-refractivity contribution is 6.74. The second-order valence-electron chi connectivity index (χ2n) is 8.33. The number of carboxylic acid groups (broad SMARTS) is 1. The van der Waals surface area contributed by atoms with Gasteiger partial charge in [0.25, 0.3) is 0 Å². The Hall–Kier alpha value is -2.20. The monoisotopic (exact) mass is 396 g/mol. The van der Waals surface area contributed by atoms with Gasteiger partial charge < -0.3 is 19.7 Å². The maximum Gasteiger partial charge on any atom is 0.405 e. The van der Waals surface area contributed by atoms with Crippen molar-refractivity contribution in [1.82, 2.24) is 10.3 Å². The molecular formula is C17H28N4O5Si. The van der Waals surface area contributed by atoms with Crippen LogP contribution in [0.3, 0.4) is 0 Å². The predicted octanol–water partition coefficient (Wildman–Crippen LogP) is 3.23. The number of rotatable bonds is 5. The number of piperidine rings is 1. The Morgan fingerprint density at radius 2 is 2.15 bits per heavy atom. The minimum absolute atomic E-state index is 0.00178. The Labute approximate surface area is 160 Å². The molecule has 1 aromatic rings. The highest BCUT2D eigenvalue weighted by Crippen LogP contribution is 2.39. The van der Waals surface area contributed by atoms with Crippen molar-refractivity contribution in [2.75, 3.05) is 18.0 Å². The molecule has 150 valence electrons. The topological polar surface area (TPSA) is 118 Å². The summed E-state index contributed by atoms with van der Waals surface area (Å²) in [6, 6.07) is 1.11. The largest absolute Gasteiger partial charge is 0.465 e. The lowest BCUT2D eigenvalue weighted by molar-refractivity contribution is -0.384. The molecule has 0 aromatic carbocycles. The van der Waals surface area contributed by atoms with Gasteiger partial charge in [-0.15, -0.1) is 0 Å². The van der Waals surface area contributed by atoms with E-state index in [0.717, 1.165) is 0 Å². The van der Waals surface area contributed by atoms with E-state index in [-0.39, 0.29) is 16.8 Å². The maximum atomic E-state index is 11.3. The highest BCUT2D eigenvalue weighted by Gasteiger charge is 2.43. The van der Waals surface area contributed by atoms with Crippen molar-refractivity contribution < 1.29 is 19.3 Å². The standard InChI is InChI=1S/C17H28N4O5Si/c1-17(2,3)27(4,5)26-15-7-9-20(11-12(15)19-16(22)23)13-6-8-18-10-14(13)21(24)25/h6,8,10,12,15,19H,7,9,11H2,1-5H3,(H,22,23). The molecule has 1 saturated heterocycles. The lowest BCUT2D eigenvalue weighted by atomic mass is 10.0. The van der Waals surface area contributed by atoms with Gasteiger partial charge in [-0.3, -0.25) is 15.1 Å². The van der Waals surface area contributed by atoms with Crippen molar-refractivity contribution in [3.63, 3.8) is 0 Å². The first-order chi connectivity index (χ1) is 12.4. The molecule has 1 aliphatic heterocycles. The van der Waals surface area contributed by atoms with Crippen molar-refractivity contribution in [3.05, 3.63) is 28.6 Å². The first kappa shape index (κ1) is 21.1. The quantitative estimate of drug-likeness (QED) is 0.445. The van der Waals surface area contributed by atoms with Crippen molar-refractivity contribution in [3.8, 4) is 0 Å². The molecule has 2 N–H and O–H groups in total. The SMILES string of the molecule is CC(C)(C)[Si](C)(C)OC1CCN(c2ccncc2[N+](=O)[O-])CC1NC(=O)O. The van der Waals surface area contributed by atoms with E-state index >= 15 is 0 Å². The summed E-state index contributed by atoms with van der Waals surface area (Å²) in [5.74, 6) is 0. The number of nitrogens with zero attached hydrogens (tertiary/aromatic N) is 3. The van der Waals surface area contributed by atoms with Gasteiger partial charge in [0, 0.05) is 19.3 Å². The number of carbonyl (C=O) groups is 1. The van der Waals surface area contributed by atoms with Crippen LogP contribution in [-0.4, -0.2) is 54.7 Å². The summed E-state index contributed by atoms with van der Waals surface area (Å²) in [6.07, 6.45) is 1.90. The zero-order valence-electron chi connectivity index (χ0n) is 16.4. The molecule has 0 spiro atoms. The molecule has 9 nitrogen and oxygen atoms in total. The Morgan fingerprint density at radius 3 is 2.70 bits per heavy atom. The van der Waals surface area contributed by atoms with Crippen LogP contribution in [0.4, 0.5) is 16.2 Å². The second kappa shape index (κ2) is 7.81. The van der Waals surface area contributed by atoms with Gasteiger partial charge >= 0.3 is 11.8 Å². The van der Waals surface area contributed by atoms with E-state index in [0.29, 0.717) is 25.2 Å². The van der Waals surface area contributed by atoms with Gasteiger partial charge in [0.1, 0.15) is 11.9 Å². The summed E-state index contributed by atoms with van der Waals surface area (Å²) in [4.78, 5) is 27.8. The Bertz CT molecular complexity index is 707. The molecule has 1 fully saturated rings. The first-order valence-corrected chi connectivity index (χ1v) is 11.8. The summed E-state index contributed by atoms with van der Waals surface area (Å²) in [5, 5.41) is 23.1. The third-order valence-electron chi connectivity index (χ3n) is 5.43. The minimum atomic E-state index is -2.08. The van der Waals surface area contributed by atoms with Gasteiger partial charge in [-0.05, 0) is 30.6 Å². The molecule has 2 heterocycles. The van der Waals surface area contributed by atoms with Crippen LogP contribution >= 0.6 is 0 Å². The average Bonchev–Trinajstić information content (AvgIpc) is 2.54. The number of anilines is 1. The van der Waals surface area contributed by atoms with Crippen LogP contribution in [0.1, 0.15) is 27.2 Å². The van der Waals surface area contributed by atoms with Crippen LogP contribution in [-0.2, 0) is 4.43 Å². The third kappa shape index (κ3) is 4.95. The van der Waals surface area contributed by atoms with E-state index in [9.17, 15) is 20.0 Å². The summed E-state index contributed by atoms with van der Waals surface area (Å²) in [5.41, 5.74) is 0.355. The molecule has 0 aliphatic carbocycles. The summed E-state index contributed by atoms with van der Waals surface area (Å²) >= 11 is 0. The zero-order chi connectivity index (χ0) is 20.4. The molecular weight excluding hydrogens is 368 g/mol. The van der Waals surface area contributed by atoms with Crippen LogP contribution in [0.5, 0.6) is 0 Å². The van der Waals surface area contributed by atoms with Crippen LogP contribution < -0.4 is 10.2 Å². The number of pyridine rings is 1. The van der Waals surface area contributed by atoms with Crippen LogP contribution in [0.15, 0.2) is 18.5 Å². The first-order valence-electron chi connectivity index (χ1n) is 8.93. The number of nitrogens with one attached hydrogen (secondary N) is 1. The molecule has 10 heteroatoms. The van der Waals surface area contributed by atoms with Crippen molar-refractivity contribution in [2.45, 2.75) is 57.5 Å². The van der Waals surface area contributed by atoms with Crippen molar-refractivity contribution >= 4 is 25.8 Å². The lowest BCUT2D eigenvalue weighted by Gasteiger charge is -2.45. The van der Waals surface area contributed by atoms with E-state index in [2.05, 4.69) is 44.2 Å². The zero-order valence-corrected chi connectivity index (χ0v) is 17.4. The third-order valence-corrected chi connectivity index (χ3v) is 9.93. The summed E-state index contributed by atoms with van der Waals surface area (Å²) in [7, 11) is -2.08. The number of amides is 1. The van der Waals surface area contributed by atoms with Crippen LogP contribution in [0, 0.1) is 10.1 Å². The van der Waals surface area contributed by atoms with E-state index in [1.807, 2.05) is 4.90 Å². The van der Waals surface area contributed by atoms with Gasteiger partial charge in [0.15, 0.2) is 8.32 Å². The fourth-order valence-corrected chi connectivity index (χ4v) is 4.32. The molecule has 1 aliphatic rings.